The van der Waals surface area contributed by atoms with Gasteiger partial charge in [-0.2, -0.15) is 0 Å². The predicted octanol–water partition coefficient (Wildman–Crippen LogP) is 2.17. The summed E-state index contributed by atoms with van der Waals surface area (Å²) < 4.78 is 4.91. The first kappa shape index (κ1) is 13.4. The zero-order chi connectivity index (χ0) is 13.7. The van der Waals surface area contributed by atoms with E-state index < -0.39 is 0 Å². The van der Waals surface area contributed by atoms with Gasteiger partial charge in [0.1, 0.15) is 0 Å². The molecule has 2 rings (SSSR count). The number of cyclic esters (lactones) is 1. The van der Waals surface area contributed by atoms with Crippen molar-refractivity contribution in [2.75, 3.05) is 25.0 Å². The largest absolute Gasteiger partial charge is 0.449 e. The van der Waals surface area contributed by atoms with Gasteiger partial charge in [0.15, 0.2) is 0 Å². The number of ether oxygens (including phenoxy) is 1. The molecule has 19 heavy (non-hydrogen) atoms. The minimum absolute atomic E-state index is 0.0935. The molecule has 1 aliphatic rings. The Morgan fingerprint density at radius 2 is 2.32 bits per heavy atom. The highest BCUT2D eigenvalue weighted by atomic mass is 16.6. The molecule has 0 atom stereocenters. The molecule has 1 heterocycles. The summed E-state index contributed by atoms with van der Waals surface area (Å²) in [6, 6.07) is 7.62. The smallest absolute Gasteiger partial charge is 0.409 e. The van der Waals surface area contributed by atoms with Crippen molar-refractivity contribution < 1.29 is 14.3 Å². The fourth-order valence-corrected chi connectivity index (χ4v) is 1.98. The standard InChI is InChI=1S/C14H18N2O3/c1-11-4-2-5-12(10-11)15-13(17)6-8-16-7-3-9-19-14(16)18/h2,4-5,10H,3,6-9H2,1H3,(H,15,17). The number of carbonyl (C=O) groups excluding carboxylic acids is 2. The Balaban J connectivity index is 1.80. The Hall–Kier alpha value is -2.04. The number of aryl methyl sites for hydroxylation is 1. The number of nitrogens with one attached hydrogen (secondary N) is 1. The van der Waals surface area contributed by atoms with Gasteiger partial charge in [-0.25, -0.2) is 4.79 Å². The number of carbonyl (C=O) groups is 2. The molecule has 0 radical (unpaired) electrons. The molecule has 0 unspecified atom stereocenters. The fourth-order valence-electron chi connectivity index (χ4n) is 1.98. The van der Waals surface area contributed by atoms with E-state index in [-0.39, 0.29) is 18.4 Å². The molecule has 5 nitrogen and oxygen atoms in total. The number of benzene rings is 1. The highest BCUT2D eigenvalue weighted by molar-refractivity contribution is 5.91. The number of nitrogens with zero attached hydrogens (tertiary/aromatic N) is 1. The van der Waals surface area contributed by atoms with Gasteiger partial charge >= 0.3 is 6.09 Å². The van der Waals surface area contributed by atoms with Gasteiger partial charge in [0.25, 0.3) is 0 Å². The highest BCUT2D eigenvalue weighted by Crippen LogP contribution is 2.10. The lowest BCUT2D eigenvalue weighted by Crippen LogP contribution is -2.39. The summed E-state index contributed by atoms with van der Waals surface area (Å²) >= 11 is 0. The summed E-state index contributed by atoms with van der Waals surface area (Å²) in [5.41, 5.74) is 1.88. The summed E-state index contributed by atoms with van der Waals surface area (Å²) in [5.74, 6) is -0.0935. The Bertz CT molecular complexity index is 474. The van der Waals surface area contributed by atoms with Crippen molar-refractivity contribution in [3.8, 4) is 0 Å². The summed E-state index contributed by atoms with van der Waals surface area (Å²) in [6.07, 6.45) is 0.781. The Morgan fingerprint density at radius 3 is 3.05 bits per heavy atom. The van der Waals surface area contributed by atoms with E-state index in [4.69, 9.17) is 4.74 Å². The van der Waals surface area contributed by atoms with Gasteiger partial charge in [0, 0.05) is 25.2 Å². The Morgan fingerprint density at radius 1 is 1.47 bits per heavy atom. The van der Waals surface area contributed by atoms with Crippen molar-refractivity contribution >= 4 is 17.7 Å². The van der Waals surface area contributed by atoms with Crippen molar-refractivity contribution in [2.24, 2.45) is 0 Å². The van der Waals surface area contributed by atoms with Crippen LogP contribution in [0.1, 0.15) is 18.4 Å². The van der Waals surface area contributed by atoms with Crippen LogP contribution in [0.3, 0.4) is 0 Å². The van der Waals surface area contributed by atoms with Gasteiger partial charge < -0.3 is 15.0 Å². The SMILES string of the molecule is Cc1cccc(NC(=O)CCN2CCCOC2=O)c1. The highest BCUT2D eigenvalue weighted by Gasteiger charge is 2.19. The van der Waals surface area contributed by atoms with Crippen LogP contribution in [0.2, 0.25) is 0 Å². The van der Waals surface area contributed by atoms with Gasteiger partial charge in [0.05, 0.1) is 6.61 Å². The molecule has 1 fully saturated rings. The van der Waals surface area contributed by atoms with Crippen LogP contribution in [0.5, 0.6) is 0 Å². The van der Waals surface area contributed by atoms with Crippen molar-refractivity contribution in [3.05, 3.63) is 29.8 Å². The number of hydrogen-bond acceptors (Lipinski definition) is 3. The molecular weight excluding hydrogens is 244 g/mol. The third-order valence-corrected chi connectivity index (χ3v) is 2.97. The average Bonchev–Trinajstić information content (AvgIpc) is 2.38. The first-order valence-electron chi connectivity index (χ1n) is 6.43. The van der Waals surface area contributed by atoms with Crippen LogP contribution in [0.15, 0.2) is 24.3 Å². The topological polar surface area (TPSA) is 58.6 Å². The van der Waals surface area contributed by atoms with Gasteiger partial charge in [-0.05, 0) is 31.0 Å². The molecular formula is C14H18N2O3. The van der Waals surface area contributed by atoms with Crippen LogP contribution < -0.4 is 5.32 Å². The van der Waals surface area contributed by atoms with Gasteiger partial charge in [-0.15, -0.1) is 0 Å². The zero-order valence-corrected chi connectivity index (χ0v) is 11.0. The normalized spacial score (nSPS) is 15.0. The number of amides is 2. The minimum atomic E-state index is -0.324. The van der Waals surface area contributed by atoms with E-state index in [1.165, 1.54) is 0 Å². The van der Waals surface area contributed by atoms with Crippen molar-refractivity contribution in [2.45, 2.75) is 19.8 Å². The lowest BCUT2D eigenvalue weighted by molar-refractivity contribution is -0.116. The van der Waals surface area contributed by atoms with Crippen LogP contribution in [0.25, 0.3) is 0 Å². The van der Waals surface area contributed by atoms with Crippen LogP contribution >= 0.6 is 0 Å². The molecule has 102 valence electrons. The maximum absolute atomic E-state index is 11.8. The average molecular weight is 262 g/mol. The van der Waals surface area contributed by atoms with Gasteiger partial charge in [-0.1, -0.05) is 12.1 Å². The molecule has 1 aromatic carbocycles. The van der Waals surface area contributed by atoms with E-state index in [0.29, 0.717) is 19.7 Å². The van der Waals surface area contributed by atoms with Crippen LogP contribution in [0, 0.1) is 6.92 Å². The first-order chi connectivity index (χ1) is 9.15. The second kappa shape index (κ2) is 6.22. The molecule has 0 spiro atoms. The summed E-state index contributed by atoms with van der Waals surface area (Å²) in [7, 11) is 0. The van der Waals surface area contributed by atoms with Crippen LogP contribution in [-0.2, 0) is 9.53 Å². The number of hydrogen-bond donors (Lipinski definition) is 1. The van der Waals surface area contributed by atoms with Crippen molar-refractivity contribution in [1.82, 2.24) is 4.90 Å². The molecule has 2 amide bonds. The predicted molar refractivity (Wildman–Crippen MR) is 72.0 cm³/mol. The molecule has 1 aromatic rings. The quantitative estimate of drug-likeness (QED) is 0.904. The molecule has 1 saturated heterocycles. The van der Waals surface area contributed by atoms with E-state index in [9.17, 15) is 9.59 Å². The van der Waals surface area contributed by atoms with E-state index in [1.807, 2.05) is 31.2 Å². The van der Waals surface area contributed by atoms with E-state index >= 15 is 0 Å². The van der Waals surface area contributed by atoms with E-state index in [1.54, 1.807) is 4.90 Å². The fraction of sp³-hybridized carbons (Fsp3) is 0.429. The van der Waals surface area contributed by atoms with Crippen molar-refractivity contribution in [3.63, 3.8) is 0 Å². The summed E-state index contributed by atoms with van der Waals surface area (Å²) in [6.45, 7) is 3.51. The minimum Gasteiger partial charge on any atom is -0.449 e. The molecule has 0 aromatic heterocycles. The maximum Gasteiger partial charge on any atom is 0.409 e. The second-order valence-corrected chi connectivity index (χ2v) is 4.62. The first-order valence-corrected chi connectivity index (χ1v) is 6.43. The number of rotatable bonds is 4. The maximum atomic E-state index is 11.8. The lowest BCUT2D eigenvalue weighted by Gasteiger charge is -2.25. The van der Waals surface area contributed by atoms with Gasteiger partial charge in [0.2, 0.25) is 5.91 Å². The molecule has 1 N–H and O–H groups in total. The summed E-state index contributed by atoms with van der Waals surface area (Å²) in [5, 5.41) is 2.82. The molecule has 0 saturated carbocycles. The van der Waals surface area contributed by atoms with Crippen molar-refractivity contribution in [1.29, 1.82) is 0 Å². The Labute approximate surface area is 112 Å². The second-order valence-electron chi connectivity index (χ2n) is 4.62. The third-order valence-electron chi connectivity index (χ3n) is 2.97. The number of anilines is 1. The zero-order valence-electron chi connectivity index (χ0n) is 11.0. The molecule has 0 bridgehead atoms. The monoisotopic (exact) mass is 262 g/mol. The van der Waals surface area contributed by atoms with Gasteiger partial charge in [-0.3, -0.25) is 4.79 Å². The van der Waals surface area contributed by atoms with E-state index in [2.05, 4.69) is 5.32 Å². The van der Waals surface area contributed by atoms with E-state index in [0.717, 1.165) is 17.7 Å². The lowest BCUT2D eigenvalue weighted by atomic mass is 10.2. The molecule has 1 aliphatic heterocycles. The Kier molecular flexibility index (Phi) is 4.39. The molecule has 5 heteroatoms. The van der Waals surface area contributed by atoms with Crippen LogP contribution in [0.4, 0.5) is 10.5 Å². The summed E-state index contributed by atoms with van der Waals surface area (Å²) in [4.78, 5) is 24.7. The molecule has 0 aliphatic carbocycles. The van der Waals surface area contributed by atoms with Crippen LogP contribution in [-0.4, -0.2) is 36.6 Å². The third kappa shape index (κ3) is 3.98.